The molecule has 0 aromatic heterocycles. The summed E-state index contributed by atoms with van der Waals surface area (Å²) < 4.78 is 13.6. The van der Waals surface area contributed by atoms with Gasteiger partial charge in [-0.1, -0.05) is 18.5 Å². The van der Waals surface area contributed by atoms with Crippen molar-refractivity contribution in [1.82, 2.24) is 9.80 Å². The maximum atomic E-state index is 13.6. The first kappa shape index (κ1) is 16.5. The quantitative estimate of drug-likeness (QED) is 0.926. The van der Waals surface area contributed by atoms with Crippen LogP contribution in [0.2, 0.25) is 5.02 Å². The summed E-state index contributed by atoms with van der Waals surface area (Å²) in [6.45, 7) is 5.14. The number of carbonyl (C=O) groups excluding carboxylic acids is 2. The standard InChI is InChI=1S/C15H18ClFN2O3/c1-3-12-15(22)18(4-2)5-6-19(12)14(21)9-7-10(16)13(20)11(17)8-9/h7-8,12,20H,3-6H2,1-2H3. The minimum absolute atomic E-state index is 0.0245. The van der Waals surface area contributed by atoms with Gasteiger partial charge in [0.1, 0.15) is 6.04 Å². The van der Waals surface area contributed by atoms with Gasteiger partial charge in [0.15, 0.2) is 11.6 Å². The number of hydrogen-bond acceptors (Lipinski definition) is 3. The van der Waals surface area contributed by atoms with Crippen LogP contribution < -0.4 is 0 Å². The molecule has 2 amide bonds. The van der Waals surface area contributed by atoms with Gasteiger partial charge in [-0.05, 0) is 25.5 Å². The number of piperazine rings is 1. The third-order valence-electron chi connectivity index (χ3n) is 3.88. The Bertz CT molecular complexity index is 585. The van der Waals surface area contributed by atoms with E-state index in [9.17, 15) is 19.1 Å². The van der Waals surface area contributed by atoms with E-state index in [2.05, 4.69) is 0 Å². The Hall–Kier alpha value is -1.82. The summed E-state index contributed by atoms with van der Waals surface area (Å²) in [4.78, 5) is 28.0. The summed E-state index contributed by atoms with van der Waals surface area (Å²) in [7, 11) is 0. The number of carbonyl (C=O) groups is 2. The molecule has 1 aliphatic heterocycles. The molecule has 7 heteroatoms. The van der Waals surface area contributed by atoms with Crippen molar-refractivity contribution in [2.75, 3.05) is 19.6 Å². The average Bonchev–Trinajstić information content (AvgIpc) is 2.51. The van der Waals surface area contributed by atoms with Gasteiger partial charge in [-0.25, -0.2) is 4.39 Å². The molecule has 1 aromatic rings. The van der Waals surface area contributed by atoms with Gasteiger partial charge in [-0.15, -0.1) is 0 Å². The molecule has 1 unspecified atom stereocenters. The zero-order valence-electron chi connectivity index (χ0n) is 12.5. The van der Waals surface area contributed by atoms with E-state index in [0.717, 1.165) is 6.07 Å². The summed E-state index contributed by atoms with van der Waals surface area (Å²) in [5.41, 5.74) is 0.0245. The topological polar surface area (TPSA) is 60.9 Å². The van der Waals surface area contributed by atoms with E-state index in [4.69, 9.17) is 11.6 Å². The zero-order valence-corrected chi connectivity index (χ0v) is 13.2. The highest BCUT2D eigenvalue weighted by atomic mass is 35.5. The Balaban J connectivity index is 2.31. The predicted octanol–water partition coefficient (Wildman–Crippen LogP) is 2.27. The molecule has 1 aliphatic rings. The van der Waals surface area contributed by atoms with E-state index in [1.807, 2.05) is 13.8 Å². The summed E-state index contributed by atoms with van der Waals surface area (Å²) >= 11 is 5.71. The molecule has 1 heterocycles. The molecule has 5 nitrogen and oxygen atoms in total. The molecule has 1 atom stereocenters. The Morgan fingerprint density at radius 2 is 2.09 bits per heavy atom. The second-order valence-corrected chi connectivity index (χ2v) is 5.54. The highest BCUT2D eigenvalue weighted by Gasteiger charge is 2.36. The van der Waals surface area contributed by atoms with Crippen molar-refractivity contribution < 1.29 is 19.1 Å². The van der Waals surface area contributed by atoms with Gasteiger partial charge in [0.25, 0.3) is 5.91 Å². The SMILES string of the molecule is CCC1C(=O)N(CC)CCN1C(=O)c1cc(F)c(O)c(Cl)c1. The third kappa shape index (κ3) is 2.88. The number of phenols is 1. The predicted molar refractivity (Wildman–Crippen MR) is 80.4 cm³/mol. The van der Waals surface area contributed by atoms with Gasteiger partial charge in [0, 0.05) is 25.2 Å². The molecule has 120 valence electrons. The second-order valence-electron chi connectivity index (χ2n) is 5.13. The molecular weight excluding hydrogens is 311 g/mol. The van der Waals surface area contributed by atoms with Crippen LogP contribution in [0.25, 0.3) is 0 Å². The molecule has 0 radical (unpaired) electrons. The van der Waals surface area contributed by atoms with Crippen molar-refractivity contribution in [3.63, 3.8) is 0 Å². The lowest BCUT2D eigenvalue weighted by atomic mass is 10.1. The van der Waals surface area contributed by atoms with Crippen molar-refractivity contribution in [3.05, 3.63) is 28.5 Å². The zero-order chi connectivity index (χ0) is 16.4. The van der Waals surface area contributed by atoms with Crippen LogP contribution in [0.3, 0.4) is 0 Å². The number of hydrogen-bond donors (Lipinski definition) is 1. The number of benzene rings is 1. The lowest BCUT2D eigenvalue weighted by Crippen LogP contribution is -2.58. The van der Waals surface area contributed by atoms with Crippen LogP contribution in [0.4, 0.5) is 4.39 Å². The van der Waals surface area contributed by atoms with Crippen LogP contribution >= 0.6 is 11.6 Å². The van der Waals surface area contributed by atoms with Crippen molar-refractivity contribution in [1.29, 1.82) is 0 Å². The molecule has 22 heavy (non-hydrogen) atoms. The normalized spacial score (nSPS) is 18.7. The number of nitrogens with zero attached hydrogens (tertiary/aromatic N) is 2. The van der Waals surface area contributed by atoms with E-state index in [1.165, 1.54) is 11.0 Å². The lowest BCUT2D eigenvalue weighted by Gasteiger charge is -2.40. The largest absolute Gasteiger partial charge is 0.504 e. The monoisotopic (exact) mass is 328 g/mol. The van der Waals surface area contributed by atoms with Gasteiger partial charge in [-0.2, -0.15) is 0 Å². The van der Waals surface area contributed by atoms with Gasteiger partial charge < -0.3 is 14.9 Å². The second kappa shape index (κ2) is 6.52. The van der Waals surface area contributed by atoms with Gasteiger partial charge >= 0.3 is 0 Å². The molecule has 0 aliphatic carbocycles. The van der Waals surface area contributed by atoms with Crippen molar-refractivity contribution >= 4 is 23.4 Å². The first-order chi connectivity index (χ1) is 10.4. The van der Waals surface area contributed by atoms with Crippen LogP contribution in [0.5, 0.6) is 5.75 Å². The minimum atomic E-state index is -0.956. The number of aromatic hydroxyl groups is 1. The molecular formula is C15H18ClFN2O3. The van der Waals surface area contributed by atoms with Crippen LogP contribution in [0, 0.1) is 5.82 Å². The van der Waals surface area contributed by atoms with E-state index >= 15 is 0 Å². The van der Waals surface area contributed by atoms with Crippen molar-refractivity contribution in [2.24, 2.45) is 0 Å². The highest BCUT2D eigenvalue weighted by molar-refractivity contribution is 6.32. The fourth-order valence-corrected chi connectivity index (χ4v) is 2.85. The Labute approximate surface area is 133 Å². The fourth-order valence-electron chi connectivity index (χ4n) is 2.65. The van der Waals surface area contributed by atoms with Crippen LogP contribution in [0.1, 0.15) is 30.6 Å². The third-order valence-corrected chi connectivity index (χ3v) is 4.17. The van der Waals surface area contributed by atoms with Gasteiger partial charge in [0.05, 0.1) is 5.02 Å². The maximum Gasteiger partial charge on any atom is 0.254 e. The first-order valence-corrected chi connectivity index (χ1v) is 7.56. The van der Waals surface area contributed by atoms with E-state index in [-0.39, 0.29) is 16.5 Å². The van der Waals surface area contributed by atoms with E-state index < -0.39 is 23.5 Å². The summed E-state index contributed by atoms with van der Waals surface area (Å²) in [5.74, 6) is -2.20. The van der Waals surface area contributed by atoms with Crippen LogP contribution in [-0.2, 0) is 4.79 Å². The fraction of sp³-hybridized carbons (Fsp3) is 0.467. The Kier molecular flexibility index (Phi) is 4.90. The van der Waals surface area contributed by atoms with E-state index in [1.54, 1.807) is 4.90 Å². The number of rotatable bonds is 3. The van der Waals surface area contributed by atoms with Gasteiger partial charge in [0.2, 0.25) is 5.91 Å². The molecule has 0 saturated carbocycles. The van der Waals surface area contributed by atoms with E-state index in [0.29, 0.717) is 26.1 Å². The number of halogens is 2. The molecule has 0 bridgehead atoms. The van der Waals surface area contributed by atoms with Crippen molar-refractivity contribution in [2.45, 2.75) is 26.3 Å². The summed E-state index contributed by atoms with van der Waals surface area (Å²) in [6.07, 6.45) is 0.482. The average molecular weight is 329 g/mol. The van der Waals surface area contributed by atoms with Gasteiger partial charge in [-0.3, -0.25) is 9.59 Å². The number of likely N-dealkylation sites (N-methyl/N-ethyl adjacent to an activating group) is 1. The molecule has 0 spiro atoms. The van der Waals surface area contributed by atoms with Crippen molar-refractivity contribution in [3.8, 4) is 5.75 Å². The number of phenolic OH excluding ortho intramolecular Hbond substituents is 1. The Morgan fingerprint density at radius 1 is 1.41 bits per heavy atom. The number of amides is 2. The van der Waals surface area contributed by atoms with Crippen LogP contribution in [0.15, 0.2) is 12.1 Å². The summed E-state index contributed by atoms with van der Waals surface area (Å²) in [6, 6.07) is 1.59. The molecule has 1 aromatic carbocycles. The Morgan fingerprint density at radius 3 is 2.64 bits per heavy atom. The first-order valence-electron chi connectivity index (χ1n) is 7.18. The summed E-state index contributed by atoms with van der Waals surface area (Å²) in [5, 5.41) is 9.11. The smallest absolute Gasteiger partial charge is 0.254 e. The van der Waals surface area contributed by atoms with Crippen LogP contribution in [-0.4, -0.2) is 52.4 Å². The maximum absolute atomic E-state index is 13.6. The molecule has 1 N–H and O–H groups in total. The molecule has 1 fully saturated rings. The molecule has 1 saturated heterocycles. The molecule has 2 rings (SSSR count). The minimum Gasteiger partial charge on any atom is -0.504 e. The highest BCUT2D eigenvalue weighted by Crippen LogP contribution is 2.29. The lowest BCUT2D eigenvalue weighted by molar-refractivity contribution is -0.140.